The van der Waals surface area contributed by atoms with Crippen molar-refractivity contribution >= 4 is 29.3 Å². The number of amides is 2. The molecule has 1 heterocycles. The van der Waals surface area contributed by atoms with Crippen LogP contribution in [0.4, 0.5) is 10.5 Å². The maximum Gasteiger partial charge on any atom is 0.407 e. The first-order chi connectivity index (χ1) is 12.5. The Morgan fingerprint density at radius 3 is 2.23 bits per heavy atom. The number of para-hydroxylation sites is 1. The zero-order valence-corrected chi connectivity index (χ0v) is 14.8. The summed E-state index contributed by atoms with van der Waals surface area (Å²) in [5, 5.41) is 10.9. The summed E-state index contributed by atoms with van der Waals surface area (Å²) in [5.41, 5.74) is 0.619. The summed E-state index contributed by atoms with van der Waals surface area (Å²) in [5.74, 6) is 0.0175. The summed E-state index contributed by atoms with van der Waals surface area (Å²) < 4.78 is 0. The Morgan fingerprint density at radius 2 is 1.65 bits per heavy atom. The third-order valence-electron chi connectivity index (χ3n) is 4.32. The topological polar surface area (TPSA) is 70.1 Å². The molecule has 0 bridgehead atoms. The van der Waals surface area contributed by atoms with E-state index in [0.29, 0.717) is 42.4 Å². The number of carboxylic acid groups (broad SMARTS) is 1. The van der Waals surface area contributed by atoms with E-state index in [1.165, 1.54) is 9.96 Å². The van der Waals surface area contributed by atoms with E-state index in [1.807, 2.05) is 18.2 Å². The highest BCUT2D eigenvalue weighted by atomic mass is 35.5. The lowest BCUT2D eigenvalue weighted by Gasteiger charge is -2.32. The molecule has 0 radical (unpaired) electrons. The monoisotopic (exact) mass is 374 g/mol. The predicted octanol–water partition coefficient (Wildman–Crippen LogP) is 4.06. The van der Waals surface area contributed by atoms with Crippen LogP contribution >= 0.6 is 11.6 Å². The molecule has 0 aliphatic carbocycles. The first-order valence-corrected chi connectivity index (χ1v) is 8.73. The normalized spacial score (nSPS) is 14.7. The Bertz CT molecular complexity index is 759. The molecule has 1 fully saturated rings. The molecule has 2 aromatic carbocycles. The highest BCUT2D eigenvalue weighted by molar-refractivity contribution is 6.30. The number of rotatable bonds is 4. The van der Waals surface area contributed by atoms with Gasteiger partial charge in [-0.25, -0.2) is 4.79 Å². The number of piperidine rings is 1. The maximum atomic E-state index is 13.1. The lowest BCUT2D eigenvalue weighted by Crippen LogP contribution is -2.45. The quantitative estimate of drug-likeness (QED) is 0.819. The molecule has 1 aliphatic heterocycles. The Labute approximate surface area is 156 Å². The van der Waals surface area contributed by atoms with Gasteiger partial charge in [-0.3, -0.25) is 4.79 Å². The van der Waals surface area contributed by atoms with Crippen molar-refractivity contribution in [2.75, 3.05) is 18.2 Å². The van der Waals surface area contributed by atoms with Crippen LogP contribution in [0.2, 0.25) is 5.02 Å². The third kappa shape index (κ3) is 4.26. The van der Waals surface area contributed by atoms with Gasteiger partial charge in [-0.2, -0.15) is 0 Å². The van der Waals surface area contributed by atoms with E-state index in [0.717, 1.165) is 0 Å². The van der Waals surface area contributed by atoms with Gasteiger partial charge in [0, 0.05) is 24.0 Å². The summed E-state index contributed by atoms with van der Waals surface area (Å²) >= 11 is 5.90. The maximum absolute atomic E-state index is 13.1. The molecule has 3 rings (SSSR count). The minimum atomic E-state index is -0.951. The van der Waals surface area contributed by atoms with Gasteiger partial charge in [0.2, 0.25) is 0 Å². The van der Waals surface area contributed by atoms with E-state index >= 15 is 0 Å². The Balaban J connectivity index is 1.78. The lowest BCUT2D eigenvalue weighted by molar-refractivity contribution is -0.128. The van der Waals surface area contributed by atoms with Crippen LogP contribution in [0.25, 0.3) is 0 Å². The van der Waals surface area contributed by atoms with Crippen molar-refractivity contribution in [2.45, 2.75) is 12.8 Å². The predicted molar refractivity (Wildman–Crippen MR) is 98.3 cm³/mol. The number of nitrogens with zero attached hydrogens (tertiary/aromatic N) is 2. The minimum Gasteiger partial charge on any atom is -0.465 e. The molecule has 0 aromatic heterocycles. The molecule has 26 heavy (non-hydrogen) atoms. The highest BCUT2D eigenvalue weighted by Gasteiger charge is 2.32. The Kier molecular flexibility index (Phi) is 5.63. The van der Waals surface area contributed by atoms with Crippen molar-refractivity contribution in [3.63, 3.8) is 0 Å². The van der Waals surface area contributed by atoms with Gasteiger partial charge < -0.3 is 14.8 Å². The molecule has 1 saturated heterocycles. The summed E-state index contributed by atoms with van der Waals surface area (Å²) in [6.45, 7) is 0.685. The van der Waals surface area contributed by atoms with Crippen molar-refractivity contribution < 1.29 is 19.5 Å². The molecule has 2 amide bonds. The molecule has 0 atom stereocenters. The van der Waals surface area contributed by atoms with Gasteiger partial charge in [-0.05, 0) is 49.2 Å². The number of carbonyl (C=O) groups excluding carboxylic acids is 1. The van der Waals surface area contributed by atoms with Crippen LogP contribution in [0.5, 0.6) is 5.75 Å². The van der Waals surface area contributed by atoms with Crippen LogP contribution in [0.15, 0.2) is 54.6 Å². The van der Waals surface area contributed by atoms with Gasteiger partial charge in [0.05, 0.1) is 5.69 Å². The van der Waals surface area contributed by atoms with Gasteiger partial charge in [0.15, 0.2) is 5.75 Å². The highest BCUT2D eigenvalue weighted by Crippen LogP contribution is 2.26. The van der Waals surface area contributed by atoms with E-state index in [4.69, 9.17) is 21.5 Å². The van der Waals surface area contributed by atoms with Crippen LogP contribution in [0, 0.1) is 5.92 Å². The Hall–Kier alpha value is -2.73. The van der Waals surface area contributed by atoms with Crippen LogP contribution in [0.3, 0.4) is 0 Å². The van der Waals surface area contributed by atoms with E-state index in [9.17, 15) is 9.59 Å². The molecular formula is C19H19ClN2O4. The van der Waals surface area contributed by atoms with Crippen molar-refractivity contribution in [2.24, 2.45) is 5.92 Å². The fourth-order valence-electron chi connectivity index (χ4n) is 2.87. The van der Waals surface area contributed by atoms with Crippen LogP contribution < -0.4 is 9.90 Å². The fourth-order valence-corrected chi connectivity index (χ4v) is 3.00. The SMILES string of the molecule is O=C(O)N1CCC(C(=O)N(Oc2ccc(Cl)cc2)c2ccccc2)CC1. The number of carbonyl (C=O) groups is 2. The summed E-state index contributed by atoms with van der Waals surface area (Å²) in [4.78, 5) is 31.3. The van der Waals surface area contributed by atoms with E-state index in [-0.39, 0.29) is 11.8 Å². The van der Waals surface area contributed by atoms with Crippen LogP contribution in [-0.4, -0.2) is 35.1 Å². The second-order valence-electron chi connectivity index (χ2n) is 6.06. The van der Waals surface area contributed by atoms with Crippen molar-refractivity contribution in [3.8, 4) is 5.75 Å². The minimum absolute atomic E-state index is 0.184. The molecule has 0 unspecified atom stereocenters. The number of anilines is 1. The smallest absolute Gasteiger partial charge is 0.407 e. The molecule has 2 aromatic rings. The molecular weight excluding hydrogens is 356 g/mol. The average Bonchev–Trinajstić information content (AvgIpc) is 2.68. The molecule has 136 valence electrons. The Morgan fingerprint density at radius 1 is 1.04 bits per heavy atom. The van der Waals surface area contributed by atoms with Gasteiger partial charge in [-0.15, -0.1) is 5.06 Å². The number of hydrogen-bond donors (Lipinski definition) is 1. The molecule has 1 N–H and O–H groups in total. The first kappa shape index (κ1) is 18.1. The zero-order chi connectivity index (χ0) is 18.5. The number of likely N-dealkylation sites (tertiary alicyclic amines) is 1. The van der Waals surface area contributed by atoms with Gasteiger partial charge in [0.25, 0.3) is 5.91 Å². The van der Waals surface area contributed by atoms with Gasteiger partial charge in [-0.1, -0.05) is 29.8 Å². The number of halogens is 1. The standard InChI is InChI=1S/C19H19ClN2O4/c20-15-6-8-17(9-7-15)26-22(16-4-2-1-3-5-16)18(23)14-10-12-21(13-11-14)19(24)25/h1-9,14H,10-13H2,(H,24,25). The lowest BCUT2D eigenvalue weighted by atomic mass is 9.96. The van der Waals surface area contributed by atoms with Crippen molar-refractivity contribution in [3.05, 3.63) is 59.6 Å². The molecule has 6 nitrogen and oxygen atoms in total. The summed E-state index contributed by atoms with van der Waals surface area (Å²) in [7, 11) is 0. The van der Waals surface area contributed by atoms with E-state index in [1.54, 1.807) is 36.4 Å². The molecule has 7 heteroatoms. The summed E-state index contributed by atoms with van der Waals surface area (Å²) in [6, 6.07) is 15.9. The number of benzene rings is 2. The average molecular weight is 375 g/mol. The van der Waals surface area contributed by atoms with E-state index in [2.05, 4.69) is 0 Å². The second-order valence-corrected chi connectivity index (χ2v) is 6.49. The molecule has 1 aliphatic rings. The van der Waals surface area contributed by atoms with Crippen molar-refractivity contribution in [1.82, 2.24) is 4.90 Å². The largest absolute Gasteiger partial charge is 0.465 e. The number of hydrogen-bond acceptors (Lipinski definition) is 3. The zero-order valence-electron chi connectivity index (χ0n) is 14.0. The van der Waals surface area contributed by atoms with Crippen LogP contribution in [-0.2, 0) is 4.79 Å². The van der Waals surface area contributed by atoms with Crippen molar-refractivity contribution in [1.29, 1.82) is 0 Å². The summed E-state index contributed by atoms with van der Waals surface area (Å²) in [6.07, 6.45) is -0.00936. The van der Waals surface area contributed by atoms with Gasteiger partial charge >= 0.3 is 6.09 Å². The molecule has 0 spiro atoms. The van der Waals surface area contributed by atoms with Gasteiger partial charge in [0.1, 0.15) is 0 Å². The first-order valence-electron chi connectivity index (χ1n) is 8.35. The van der Waals surface area contributed by atoms with Crippen LogP contribution in [0.1, 0.15) is 12.8 Å². The third-order valence-corrected chi connectivity index (χ3v) is 4.57. The fraction of sp³-hybridized carbons (Fsp3) is 0.263. The number of hydroxylamine groups is 1. The van der Waals surface area contributed by atoms with E-state index < -0.39 is 6.09 Å². The second kappa shape index (κ2) is 8.10. The molecule has 0 saturated carbocycles.